The van der Waals surface area contributed by atoms with Gasteiger partial charge in [-0.05, 0) is 49.9 Å². The highest BCUT2D eigenvalue weighted by atomic mass is 16.3. The van der Waals surface area contributed by atoms with Gasteiger partial charge in [-0.2, -0.15) is 5.26 Å². The van der Waals surface area contributed by atoms with Crippen LogP contribution in [0.15, 0.2) is 24.3 Å². The van der Waals surface area contributed by atoms with Gasteiger partial charge >= 0.3 is 0 Å². The second-order valence-corrected chi connectivity index (χ2v) is 4.99. The predicted octanol–water partition coefficient (Wildman–Crippen LogP) is 1.45. The van der Waals surface area contributed by atoms with Gasteiger partial charge < -0.3 is 10.4 Å². The molecule has 94 valence electrons. The van der Waals surface area contributed by atoms with Crippen LogP contribution in [-0.2, 0) is 0 Å². The molecule has 0 aliphatic heterocycles. The second-order valence-electron chi connectivity index (χ2n) is 4.99. The summed E-state index contributed by atoms with van der Waals surface area (Å²) in [5, 5.41) is 21.0. The fraction of sp³-hybridized carbons (Fsp3) is 0.429. The van der Waals surface area contributed by atoms with E-state index in [0.29, 0.717) is 17.0 Å². The molecule has 0 saturated heterocycles. The van der Waals surface area contributed by atoms with Crippen molar-refractivity contribution in [3.8, 4) is 6.07 Å². The van der Waals surface area contributed by atoms with Gasteiger partial charge in [-0.15, -0.1) is 0 Å². The van der Waals surface area contributed by atoms with Crippen molar-refractivity contribution in [2.75, 3.05) is 6.61 Å². The van der Waals surface area contributed by atoms with E-state index in [0.717, 1.165) is 12.8 Å². The Morgan fingerprint density at radius 1 is 1.50 bits per heavy atom. The maximum absolute atomic E-state index is 12.0. The fourth-order valence-corrected chi connectivity index (χ4v) is 2.02. The van der Waals surface area contributed by atoms with Gasteiger partial charge in [-0.3, -0.25) is 4.79 Å². The van der Waals surface area contributed by atoms with E-state index in [-0.39, 0.29) is 12.5 Å². The number of rotatable bonds is 4. The van der Waals surface area contributed by atoms with E-state index in [1.54, 1.807) is 24.3 Å². The lowest BCUT2D eigenvalue weighted by atomic mass is 9.96. The summed E-state index contributed by atoms with van der Waals surface area (Å²) < 4.78 is 0. The first-order chi connectivity index (χ1) is 8.59. The van der Waals surface area contributed by atoms with Crippen molar-refractivity contribution < 1.29 is 9.90 Å². The highest BCUT2D eigenvalue weighted by Crippen LogP contribution is 2.39. The van der Waals surface area contributed by atoms with Crippen LogP contribution in [-0.4, -0.2) is 23.2 Å². The normalized spacial score (nSPS) is 17.6. The van der Waals surface area contributed by atoms with Gasteiger partial charge in [0.2, 0.25) is 0 Å². The van der Waals surface area contributed by atoms with Crippen molar-refractivity contribution in [2.24, 2.45) is 5.92 Å². The molecule has 1 aromatic carbocycles. The molecule has 1 atom stereocenters. The van der Waals surface area contributed by atoms with Crippen molar-refractivity contribution in [1.29, 1.82) is 5.26 Å². The van der Waals surface area contributed by atoms with Crippen LogP contribution in [0.3, 0.4) is 0 Å². The average molecular weight is 244 g/mol. The first-order valence-corrected chi connectivity index (χ1v) is 6.02. The molecule has 0 heterocycles. The van der Waals surface area contributed by atoms with E-state index in [9.17, 15) is 9.90 Å². The van der Waals surface area contributed by atoms with Gasteiger partial charge in [0.25, 0.3) is 5.91 Å². The molecule has 4 nitrogen and oxygen atoms in total. The zero-order chi connectivity index (χ0) is 13.2. The highest BCUT2D eigenvalue weighted by molar-refractivity contribution is 5.94. The summed E-state index contributed by atoms with van der Waals surface area (Å²) in [7, 11) is 0. The van der Waals surface area contributed by atoms with Gasteiger partial charge in [0.15, 0.2) is 0 Å². The maximum Gasteiger partial charge on any atom is 0.251 e. The van der Waals surface area contributed by atoms with Crippen molar-refractivity contribution in [3.05, 3.63) is 35.4 Å². The summed E-state index contributed by atoms with van der Waals surface area (Å²) in [6.45, 7) is 1.81. The standard InChI is InChI=1S/C14H16N2O2/c1-14(9-17,12-6-7-12)16-13(18)11-4-2-10(8-15)3-5-11/h2-5,12,17H,6-7,9H2,1H3,(H,16,18). The number of amides is 1. The minimum Gasteiger partial charge on any atom is -0.394 e. The molecule has 1 aliphatic rings. The zero-order valence-corrected chi connectivity index (χ0v) is 10.3. The molecule has 1 aromatic rings. The summed E-state index contributed by atoms with van der Waals surface area (Å²) in [6.07, 6.45) is 2.09. The SMILES string of the molecule is CC(CO)(NC(=O)c1ccc(C#N)cc1)C1CC1. The van der Waals surface area contributed by atoms with Crippen molar-refractivity contribution in [3.63, 3.8) is 0 Å². The Morgan fingerprint density at radius 2 is 2.11 bits per heavy atom. The third kappa shape index (κ3) is 2.52. The first-order valence-electron chi connectivity index (χ1n) is 6.02. The number of nitriles is 1. The fourth-order valence-electron chi connectivity index (χ4n) is 2.02. The number of benzene rings is 1. The van der Waals surface area contributed by atoms with Gasteiger partial charge in [-0.1, -0.05) is 0 Å². The highest BCUT2D eigenvalue weighted by Gasteiger charge is 2.42. The first kappa shape index (κ1) is 12.6. The summed E-state index contributed by atoms with van der Waals surface area (Å²) in [6, 6.07) is 8.48. The number of hydrogen-bond acceptors (Lipinski definition) is 3. The third-order valence-corrected chi connectivity index (χ3v) is 3.48. The van der Waals surface area contributed by atoms with E-state index in [4.69, 9.17) is 5.26 Å². The van der Waals surface area contributed by atoms with E-state index in [1.807, 2.05) is 13.0 Å². The number of carbonyl (C=O) groups excluding carboxylic acids is 1. The number of aliphatic hydroxyl groups is 1. The summed E-state index contributed by atoms with van der Waals surface area (Å²) in [5.74, 6) is 0.160. The molecular weight excluding hydrogens is 228 g/mol. The molecule has 0 spiro atoms. The lowest BCUT2D eigenvalue weighted by Crippen LogP contribution is -2.50. The van der Waals surface area contributed by atoms with E-state index >= 15 is 0 Å². The van der Waals surface area contributed by atoms with Crippen molar-refractivity contribution >= 4 is 5.91 Å². The van der Waals surface area contributed by atoms with Crippen LogP contribution >= 0.6 is 0 Å². The van der Waals surface area contributed by atoms with E-state index < -0.39 is 5.54 Å². The molecule has 2 rings (SSSR count). The van der Waals surface area contributed by atoms with Crippen molar-refractivity contribution in [2.45, 2.75) is 25.3 Å². The van der Waals surface area contributed by atoms with Gasteiger partial charge in [0.1, 0.15) is 0 Å². The second kappa shape index (κ2) is 4.79. The Bertz CT molecular complexity index is 486. The van der Waals surface area contributed by atoms with Crippen LogP contribution in [0.4, 0.5) is 0 Å². The van der Waals surface area contributed by atoms with Gasteiger partial charge in [0, 0.05) is 5.56 Å². The van der Waals surface area contributed by atoms with E-state index in [1.165, 1.54) is 0 Å². The average Bonchev–Trinajstić information content (AvgIpc) is 3.23. The van der Waals surface area contributed by atoms with Crippen LogP contribution in [0.5, 0.6) is 0 Å². The molecule has 1 aliphatic carbocycles. The van der Waals surface area contributed by atoms with Crippen LogP contribution < -0.4 is 5.32 Å². The molecule has 1 amide bonds. The quantitative estimate of drug-likeness (QED) is 0.842. The van der Waals surface area contributed by atoms with E-state index in [2.05, 4.69) is 5.32 Å². The third-order valence-electron chi connectivity index (χ3n) is 3.48. The summed E-state index contributed by atoms with van der Waals surface area (Å²) in [4.78, 5) is 12.0. The molecule has 0 radical (unpaired) electrons. The van der Waals surface area contributed by atoms with Crippen LogP contribution in [0, 0.1) is 17.2 Å². The number of aliphatic hydroxyl groups excluding tert-OH is 1. The Hall–Kier alpha value is -1.86. The largest absolute Gasteiger partial charge is 0.394 e. The molecule has 1 saturated carbocycles. The minimum atomic E-state index is -0.537. The monoisotopic (exact) mass is 244 g/mol. The minimum absolute atomic E-state index is 0.0559. The number of carbonyl (C=O) groups is 1. The lowest BCUT2D eigenvalue weighted by molar-refractivity contribution is 0.0824. The molecule has 1 unspecified atom stereocenters. The predicted molar refractivity (Wildman–Crippen MR) is 66.8 cm³/mol. The summed E-state index contributed by atoms with van der Waals surface area (Å²) >= 11 is 0. The number of nitrogens with zero attached hydrogens (tertiary/aromatic N) is 1. The van der Waals surface area contributed by atoms with Gasteiger partial charge in [0.05, 0.1) is 23.8 Å². The molecular formula is C14H16N2O2. The lowest BCUT2D eigenvalue weighted by Gasteiger charge is -2.28. The van der Waals surface area contributed by atoms with Crippen molar-refractivity contribution in [1.82, 2.24) is 5.32 Å². The van der Waals surface area contributed by atoms with Gasteiger partial charge in [-0.25, -0.2) is 0 Å². The molecule has 4 heteroatoms. The Balaban J connectivity index is 2.09. The summed E-state index contributed by atoms with van der Waals surface area (Å²) in [5.41, 5.74) is 0.498. The Labute approximate surface area is 106 Å². The molecule has 1 fully saturated rings. The van der Waals surface area contributed by atoms with Crippen LogP contribution in [0.1, 0.15) is 35.7 Å². The topological polar surface area (TPSA) is 73.1 Å². The molecule has 18 heavy (non-hydrogen) atoms. The number of nitrogens with one attached hydrogen (secondary N) is 1. The molecule has 0 bridgehead atoms. The molecule has 2 N–H and O–H groups in total. The Morgan fingerprint density at radius 3 is 2.56 bits per heavy atom. The molecule has 0 aromatic heterocycles. The van der Waals surface area contributed by atoms with Crippen LogP contribution in [0.25, 0.3) is 0 Å². The Kier molecular flexibility index (Phi) is 3.35. The smallest absolute Gasteiger partial charge is 0.251 e. The maximum atomic E-state index is 12.0. The van der Waals surface area contributed by atoms with Crippen LogP contribution in [0.2, 0.25) is 0 Å². The number of hydrogen-bond donors (Lipinski definition) is 2. The zero-order valence-electron chi connectivity index (χ0n) is 10.3.